The van der Waals surface area contributed by atoms with Gasteiger partial charge in [0.2, 0.25) is 11.8 Å². The van der Waals surface area contributed by atoms with E-state index in [0.717, 1.165) is 11.1 Å². The summed E-state index contributed by atoms with van der Waals surface area (Å²) in [6, 6.07) is 9.97. The summed E-state index contributed by atoms with van der Waals surface area (Å²) in [5.41, 5.74) is 3.89. The molecule has 1 heterocycles. The maximum atomic E-state index is 14.0. The lowest BCUT2D eigenvalue weighted by atomic mass is 9.59. The van der Waals surface area contributed by atoms with Gasteiger partial charge in [0.15, 0.2) is 23.1 Å². The highest BCUT2D eigenvalue weighted by Crippen LogP contribution is 2.56. The highest BCUT2D eigenvalue weighted by atomic mass is 35.5. The van der Waals surface area contributed by atoms with Gasteiger partial charge in [-0.05, 0) is 74.1 Å². The van der Waals surface area contributed by atoms with E-state index in [2.05, 4.69) is 0 Å². The van der Waals surface area contributed by atoms with Crippen LogP contribution in [0.4, 0.5) is 5.69 Å². The number of Topliss-reactive ketones (excluding diaryl/α,β-unsaturated/α-hetero) is 1. The Morgan fingerprint density at radius 3 is 2.49 bits per heavy atom. The van der Waals surface area contributed by atoms with Crippen LogP contribution in [-0.4, -0.2) is 35.6 Å². The Balaban J connectivity index is 1.49. The number of aryl methyl sites for hydroxylation is 1. The molecule has 6 rings (SSSR count). The number of carbonyl (C=O) groups excluding carboxylic acids is 4. The number of fused-ring (bicyclic) bond motifs is 3. The van der Waals surface area contributed by atoms with Crippen molar-refractivity contribution in [3.63, 3.8) is 0 Å². The topological polar surface area (TPSA) is 101 Å². The molecule has 0 bridgehead atoms. The molecule has 4 atom stereocenters. The number of methoxy groups -OCH3 is 1. The van der Waals surface area contributed by atoms with Gasteiger partial charge < -0.3 is 9.84 Å². The van der Waals surface area contributed by atoms with Gasteiger partial charge >= 0.3 is 0 Å². The Kier molecular flexibility index (Phi) is 5.88. The first-order valence-electron chi connectivity index (χ1n) is 12.8. The summed E-state index contributed by atoms with van der Waals surface area (Å²) in [4.78, 5) is 55.5. The van der Waals surface area contributed by atoms with Crippen LogP contribution in [0.15, 0.2) is 70.8 Å². The fraction of sp³-hybridized carbons (Fsp3) is 0.290. The Labute approximate surface area is 230 Å². The first kappa shape index (κ1) is 25.3. The Hall–Kier alpha value is -3.97. The zero-order valence-electron chi connectivity index (χ0n) is 21.7. The molecule has 0 saturated carbocycles. The smallest absolute Gasteiger partial charge is 0.238 e. The number of ketones is 2. The zero-order chi connectivity index (χ0) is 27.7. The summed E-state index contributed by atoms with van der Waals surface area (Å²) in [7, 11) is 1.44. The second-order valence-electron chi connectivity index (χ2n) is 10.6. The second-order valence-corrected chi connectivity index (χ2v) is 11.0. The molecule has 4 aliphatic rings. The Bertz CT molecular complexity index is 1600. The molecule has 0 radical (unpaired) electrons. The number of imide groups is 1. The summed E-state index contributed by atoms with van der Waals surface area (Å²) >= 11 is 6.33. The van der Waals surface area contributed by atoms with Gasteiger partial charge in [-0.2, -0.15) is 0 Å². The number of halogens is 1. The maximum Gasteiger partial charge on any atom is 0.238 e. The van der Waals surface area contributed by atoms with E-state index < -0.39 is 23.7 Å². The van der Waals surface area contributed by atoms with Gasteiger partial charge in [0.1, 0.15) is 0 Å². The van der Waals surface area contributed by atoms with Crippen LogP contribution in [0.2, 0.25) is 5.02 Å². The van der Waals surface area contributed by atoms with Gasteiger partial charge in [0, 0.05) is 27.7 Å². The predicted molar refractivity (Wildman–Crippen MR) is 145 cm³/mol. The highest BCUT2D eigenvalue weighted by Gasteiger charge is 2.56. The number of rotatable bonds is 3. The summed E-state index contributed by atoms with van der Waals surface area (Å²) in [6.45, 7) is 3.46. The largest absolute Gasteiger partial charge is 0.504 e. The fourth-order valence-electron chi connectivity index (χ4n) is 6.61. The van der Waals surface area contributed by atoms with Gasteiger partial charge in [-0.3, -0.25) is 19.2 Å². The first-order chi connectivity index (χ1) is 18.6. The van der Waals surface area contributed by atoms with Crippen LogP contribution in [0.3, 0.4) is 0 Å². The van der Waals surface area contributed by atoms with Crippen LogP contribution in [0.25, 0.3) is 0 Å². The van der Waals surface area contributed by atoms with E-state index in [0.29, 0.717) is 39.4 Å². The third-order valence-electron chi connectivity index (χ3n) is 8.51. The minimum atomic E-state index is -0.678. The number of phenols is 1. The lowest BCUT2D eigenvalue weighted by Crippen LogP contribution is -2.39. The minimum Gasteiger partial charge on any atom is -0.504 e. The van der Waals surface area contributed by atoms with Crippen molar-refractivity contribution < 1.29 is 29.0 Å². The molecule has 0 aromatic heterocycles. The van der Waals surface area contributed by atoms with Gasteiger partial charge in [0.25, 0.3) is 0 Å². The lowest BCUT2D eigenvalue weighted by Gasteiger charge is -2.42. The fourth-order valence-corrected chi connectivity index (χ4v) is 6.79. The molecule has 39 heavy (non-hydrogen) atoms. The molecule has 0 unspecified atom stereocenters. The molecule has 1 N–H and O–H groups in total. The SMILES string of the molecule is COc1cc([C@H]2C3=CC[C@@H]4C(=O)N(c5ccc(C)c(Cl)c5)C(=O)[C@@H]4[C@@H]3CC3=C2C(=O)C=C(C)C3=O)ccc1O. The molecule has 1 fully saturated rings. The maximum absolute atomic E-state index is 14.0. The van der Waals surface area contributed by atoms with Crippen LogP contribution in [0.1, 0.15) is 36.8 Å². The van der Waals surface area contributed by atoms with Crippen LogP contribution in [0.5, 0.6) is 11.5 Å². The van der Waals surface area contributed by atoms with Crippen molar-refractivity contribution in [1.29, 1.82) is 0 Å². The number of ether oxygens (including phenoxy) is 1. The molecule has 1 aliphatic heterocycles. The van der Waals surface area contributed by atoms with Crippen molar-refractivity contribution >= 4 is 40.7 Å². The molecule has 7 nitrogen and oxygen atoms in total. The quantitative estimate of drug-likeness (QED) is 0.332. The number of benzene rings is 2. The van der Waals surface area contributed by atoms with Gasteiger partial charge in [-0.15, -0.1) is 0 Å². The van der Waals surface area contributed by atoms with Crippen LogP contribution < -0.4 is 9.64 Å². The summed E-state index contributed by atoms with van der Waals surface area (Å²) in [6.07, 6.45) is 3.86. The molecule has 2 aromatic rings. The van der Waals surface area contributed by atoms with Crippen molar-refractivity contribution in [2.75, 3.05) is 12.0 Å². The average molecular weight is 544 g/mol. The third kappa shape index (κ3) is 3.71. The van der Waals surface area contributed by atoms with Gasteiger partial charge in [-0.1, -0.05) is 35.4 Å². The molecule has 198 valence electrons. The van der Waals surface area contributed by atoms with Crippen LogP contribution in [0, 0.1) is 24.7 Å². The molecule has 2 aromatic carbocycles. The molecule has 3 aliphatic carbocycles. The van der Waals surface area contributed by atoms with E-state index in [1.54, 1.807) is 37.3 Å². The second kappa shape index (κ2) is 9.06. The normalized spacial score (nSPS) is 26.2. The van der Waals surface area contributed by atoms with E-state index in [4.69, 9.17) is 16.3 Å². The van der Waals surface area contributed by atoms with Crippen LogP contribution in [-0.2, 0) is 19.2 Å². The van der Waals surface area contributed by atoms with E-state index in [1.165, 1.54) is 24.2 Å². The highest BCUT2D eigenvalue weighted by molar-refractivity contribution is 6.32. The molecule has 2 amide bonds. The number of carbonyl (C=O) groups is 4. The van der Waals surface area contributed by atoms with Crippen molar-refractivity contribution in [2.24, 2.45) is 17.8 Å². The predicted octanol–water partition coefficient (Wildman–Crippen LogP) is 5.00. The number of amides is 2. The third-order valence-corrected chi connectivity index (χ3v) is 8.92. The monoisotopic (exact) mass is 543 g/mol. The molecule has 0 spiro atoms. The van der Waals surface area contributed by atoms with E-state index in [-0.39, 0.29) is 41.3 Å². The van der Waals surface area contributed by atoms with Crippen LogP contribution >= 0.6 is 11.6 Å². The number of allylic oxidation sites excluding steroid dienone is 6. The van der Waals surface area contributed by atoms with Gasteiger partial charge in [0.05, 0.1) is 24.6 Å². The zero-order valence-corrected chi connectivity index (χ0v) is 22.4. The number of anilines is 1. The molecule has 1 saturated heterocycles. The number of phenolic OH excluding ortho intramolecular Hbond substituents is 1. The van der Waals surface area contributed by atoms with E-state index in [1.807, 2.05) is 13.0 Å². The molecule has 8 heteroatoms. The van der Waals surface area contributed by atoms with E-state index in [9.17, 15) is 24.3 Å². The molecular weight excluding hydrogens is 518 g/mol. The van der Waals surface area contributed by atoms with Gasteiger partial charge in [-0.25, -0.2) is 4.90 Å². The van der Waals surface area contributed by atoms with Crippen molar-refractivity contribution in [1.82, 2.24) is 0 Å². The van der Waals surface area contributed by atoms with Crippen molar-refractivity contribution in [2.45, 2.75) is 32.6 Å². The van der Waals surface area contributed by atoms with E-state index >= 15 is 0 Å². The first-order valence-corrected chi connectivity index (χ1v) is 13.2. The number of nitrogens with zero attached hydrogens (tertiary/aromatic N) is 1. The lowest BCUT2D eigenvalue weighted by molar-refractivity contribution is -0.123. The Morgan fingerprint density at radius 1 is 1.00 bits per heavy atom. The van der Waals surface area contributed by atoms with Crippen molar-refractivity contribution in [3.05, 3.63) is 87.0 Å². The molecular formula is C31H26ClNO6. The summed E-state index contributed by atoms with van der Waals surface area (Å²) in [5, 5.41) is 10.7. The van der Waals surface area contributed by atoms with Crippen molar-refractivity contribution in [3.8, 4) is 11.5 Å². The number of hydrogen-bond acceptors (Lipinski definition) is 6. The minimum absolute atomic E-state index is 0.0498. The number of aromatic hydroxyl groups is 1. The number of hydrogen-bond donors (Lipinski definition) is 1. The summed E-state index contributed by atoms with van der Waals surface area (Å²) in [5.74, 6) is -3.20. The Morgan fingerprint density at radius 2 is 1.77 bits per heavy atom. The standard InChI is InChI=1S/C31H26ClNO6/c1-14-4-6-17(12-22(14)32)33-30(37)19-8-7-18-20(27(19)31(33)38)13-21-28(24(35)10-15(2)29(21)36)26(18)16-5-9-23(34)25(11-16)39-3/h4-7,9-12,19-20,26-27,34H,8,13H2,1-3H3/t19-,20+,26-,27-/m0/s1. The summed E-state index contributed by atoms with van der Waals surface area (Å²) < 4.78 is 5.33. The average Bonchev–Trinajstić information content (AvgIpc) is 3.17.